The summed E-state index contributed by atoms with van der Waals surface area (Å²) in [6.07, 6.45) is -0.705. The van der Waals surface area contributed by atoms with Crippen molar-refractivity contribution in [2.45, 2.75) is 30.3 Å². The zero-order valence-corrected chi connectivity index (χ0v) is 17.9. The number of amides is 2. The summed E-state index contributed by atoms with van der Waals surface area (Å²) in [5.74, 6) is -1.30. The number of carbonyl (C=O) groups is 2. The van der Waals surface area contributed by atoms with Crippen molar-refractivity contribution in [3.05, 3.63) is 54.6 Å². The quantitative estimate of drug-likeness (QED) is 0.560. The van der Waals surface area contributed by atoms with Crippen molar-refractivity contribution in [2.24, 2.45) is 11.7 Å². The number of nitrogens with zero attached hydrogens (tertiary/aromatic N) is 1. The maximum absolute atomic E-state index is 13.0. The van der Waals surface area contributed by atoms with Gasteiger partial charge in [0.15, 0.2) is 0 Å². The Hall–Kier alpha value is -2.75. The molecule has 1 atom stereocenters. The lowest BCUT2D eigenvalue weighted by Crippen LogP contribution is -2.43. The van der Waals surface area contributed by atoms with Gasteiger partial charge in [0.1, 0.15) is 6.10 Å². The number of aliphatic hydroxyl groups is 1. The van der Waals surface area contributed by atoms with E-state index in [1.54, 1.807) is 12.1 Å². The van der Waals surface area contributed by atoms with Crippen LogP contribution in [0.5, 0.6) is 0 Å². The second-order valence-electron chi connectivity index (χ2n) is 7.67. The summed E-state index contributed by atoms with van der Waals surface area (Å²) >= 11 is 0. The number of hydrogen-bond donors (Lipinski definition) is 3. The van der Waals surface area contributed by atoms with E-state index in [1.165, 1.54) is 4.31 Å². The van der Waals surface area contributed by atoms with Crippen molar-refractivity contribution in [3.8, 4) is 11.1 Å². The molecule has 4 N–H and O–H groups in total. The van der Waals surface area contributed by atoms with E-state index in [0.29, 0.717) is 32.5 Å². The Morgan fingerprint density at radius 2 is 1.61 bits per heavy atom. The molecule has 1 aliphatic heterocycles. The van der Waals surface area contributed by atoms with Crippen LogP contribution in [0.25, 0.3) is 11.1 Å². The Labute approximate surface area is 182 Å². The molecule has 8 nitrogen and oxygen atoms in total. The molecule has 0 saturated carbocycles. The number of nitrogens with two attached hydrogens (primary N) is 1. The predicted molar refractivity (Wildman–Crippen MR) is 116 cm³/mol. The highest BCUT2D eigenvalue weighted by atomic mass is 32.2. The van der Waals surface area contributed by atoms with Crippen molar-refractivity contribution in [1.82, 2.24) is 9.62 Å². The molecule has 1 saturated heterocycles. The second kappa shape index (κ2) is 10.0. The van der Waals surface area contributed by atoms with E-state index in [2.05, 4.69) is 5.32 Å². The fourth-order valence-electron chi connectivity index (χ4n) is 3.60. The summed E-state index contributed by atoms with van der Waals surface area (Å²) in [5.41, 5.74) is 6.95. The highest BCUT2D eigenvalue weighted by molar-refractivity contribution is 7.89. The van der Waals surface area contributed by atoms with Crippen molar-refractivity contribution >= 4 is 21.8 Å². The first-order valence-electron chi connectivity index (χ1n) is 10.2. The minimum atomic E-state index is -3.59. The third-order valence-electron chi connectivity index (χ3n) is 5.43. The van der Waals surface area contributed by atoms with Gasteiger partial charge in [-0.25, -0.2) is 8.42 Å². The highest BCUT2D eigenvalue weighted by Gasteiger charge is 2.30. The maximum Gasteiger partial charge on any atom is 0.249 e. The van der Waals surface area contributed by atoms with E-state index in [-0.39, 0.29) is 10.8 Å². The zero-order valence-electron chi connectivity index (χ0n) is 17.1. The number of carbonyl (C=O) groups excluding carboxylic acids is 2. The number of sulfonamides is 1. The summed E-state index contributed by atoms with van der Waals surface area (Å²) < 4.78 is 27.4. The lowest BCUT2D eigenvalue weighted by molar-refractivity contribution is -0.133. The van der Waals surface area contributed by atoms with Gasteiger partial charge in [-0.3, -0.25) is 9.59 Å². The number of primary amides is 1. The number of hydrogen-bond acceptors (Lipinski definition) is 5. The molecule has 9 heteroatoms. The van der Waals surface area contributed by atoms with Crippen LogP contribution in [0.4, 0.5) is 0 Å². The Morgan fingerprint density at radius 3 is 2.19 bits per heavy atom. The normalized spacial score (nSPS) is 16.5. The van der Waals surface area contributed by atoms with Gasteiger partial charge < -0.3 is 16.2 Å². The smallest absolute Gasteiger partial charge is 0.249 e. The third kappa shape index (κ3) is 5.90. The number of nitrogens with one attached hydrogen (secondary N) is 1. The summed E-state index contributed by atoms with van der Waals surface area (Å²) in [7, 11) is -3.59. The van der Waals surface area contributed by atoms with Crippen LogP contribution in [0.2, 0.25) is 0 Å². The SMILES string of the molecule is NC(=O)CC(O)C(=O)NCC1CCN(S(=O)(=O)c2ccc(-c3ccccc3)cc2)CC1. The van der Waals surface area contributed by atoms with Crippen LogP contribution in [0.3, 0.4) is 0 Å². The van der Waals surface area contributed by atoms with Gasteiger partial charge in [0.25, 0.3) is 0 Å². The van der Waals surface area contributed by atoms with E-state index in [0.717, 1.165) is 11.1 Å². The fourth-order valence-corrected chi connectivity index (χ4v) is 5.07. The first kappa shape index (κ1) is 22.9. The number of benzene rings is 2. The lowest BCUT2D eigenvalue weighted by atomic mass is 9.98. The van der Waals surface area contributed by atoms with Gasteiger partial charge >= 0.3 is 0 Å². The van der Waals surface area contributed by atoms with Crippen LogP contribution in [0, 0.1) is 5.92 Å². The first-order chi connectivity index (χ1) is 14.8. The summed E-state index contributed by atoms with van der Waals surface area (Å²) in [5, 5.41) is 12.2. The van der Waals surface area contributed by atoms with Gasteiger partial charge in [-0.15, -0.1) is 0 Å². The van der Waals surface area contributed by atoms with E-state index < -0.39 is 34.4 Å². The van der Waals surface area contributed by atoms with Crippen molar-refractivity contribution in [1.29, 1.82) is 0 Å². The highest BCUT2D eigenvalue weighted by Crippen LogP contribution is 2.26. The molecular weight excluding hydrogens is 418 g/mol. The average molecular weight is 446 g/mol. The molecule has 0 spiro atoms. The molecule has 1 heterocycles. The van der Waals surface area contributed by atoms with Crippen LogP contribution in [-0.2, 0) is 19.6 Å². The second-order valence-corrected chi connectivity index (χ2v) is 9.61. The predicted octanol–water partition coefficient (Wildman–Crippen LogP) is 1.11. The standard InChI is InChI=1S/C22H27N3O5S/c23-21(27)14-20(26)22(28)24-15-16-10-12-25(13-11-16)31(29,30)19-8-6-18(7-9-19)17-4-2-1-3-5-17/h1-9,16,20,26H,10-15H2,(H2,23,27)(H,24,28). The molecule has 31 heavy (non-hydrogen) atoms. The molecule has 2 aromatic rings. The van der Waals surface area contributed by atoms with Gasteiger partial charge in [0.05, 0.1) is 11.3 Å². The lowest BCUT2D eigenvalue weighted by Gasteiger charge is -2.31. The Balaban J connectivity index is 1.54. The number of aliphatic hydroxyl groups excluding tert-OH is 1. The van der Waals surface area contributed by atoms with Crippen molar-refractivity contribution in [3.63, 3.8) is 0 Å². The Kier molecular flexibility index (Phi) is 7.42. The Bertz CT molecular complexity index is 1000. The number of piperidine rings is 1. The van der Waals surface area contributed by atoms with E-state index in [4.69, 9.17) is 5.73 Å². The summed E-state index contributed by atoms with van der Waals surface area (Å²) in [6, 6.07) is 16.6. The van der Waals surface area contributed by atoms with E-state index in [1.807, 2.05) is 42.5 Å². The minimum Gasteiger partial charge on any atom is -0.383 e. The minimum absolute atomic E-state index is 0.0941. The van der Waals surface area contributed by atoms with Gasteiger partial charge in [-0.2, -0.15) is 4.31 Å². The molecule has 2 aromatic carbocycles. The average Bonchev–Trinajstić information content (AvgIpc) is 2.78. The van der Waals surface area contributed by atoms with E-state index in [9.17, 15) is 23.1 Å². The fraction of sp³-hybridized carbons (Fsp3) is 0.364. The van der Waals surface area contributed by atoms with Gasteiger partial charge in [0, 0.05) is 19.6 Å². The topological polar surface area (TPSA) is 130 Å². The van der Waals surface area contributed by atoms with Crippen molar-refractivity contribution < 1.29 is 23.1 Å². The Morgan fingerprint density at radius 1 is 1.03 bits per heavy atom. The van der Waals surface area contributed by atoms with Gasteiger partial charge in [-0.1, -0.05) is 42.5 Å². The molecular formula is C22H27N3O5S. The molecule has 1 fully saturated rings. The monoisotopic (exact) mass is 445 g/mol. The largest absolute Gasteiger partial charge is 0.383 e. The molecule has 1 unspecified atom stereocenters. The molecule has 1 aliphatic rings. The first-order valence-corrected chi connectivity index (χ1v) is 11.6. The molecule has 2 amide bonds. The van der Waals surface area contributed by atoms with Crippen LogP contribution in [-0.4, -0.2) is 55.4 Å². The molecule has 0 radical (unpaired) electrons. The van der Waals surface area contributed by atoms with Crippen LogP contribution >= 0.6 is 0 Å². The molecule has 3 rings (SSSR count). The van der Waals surface area contributed by atoms with E-state index >= 15 is 0 Å². The summed E-state index contributed by atoms with van der Waals surface area (Å²) in [6.45, 7) is 1.02. The maximum atomic E-state index is 13.0. The molecule has 0 aliphatic carbocycles. The number of rotatable bonds is 8. The van der Waals surface area contributed by atoms with Crippen LogP contribution in [0.15, 0.2) is 59.5 Å². The van der Waals surface area contributed by atoms with Gasteiger partial charge in [-0.05, 0) is 42.0 Å². The molecule has 166 valence electrons. The third-order valence-corrected chi connectivity index (χ3v) is 7.35. The molecule has 0 aromatic heterocycles. The van der Waals surface area contributed by atoms with Crippen LogP contribution in [0.1, 0.15) is 19.3 Å². The van der Waals surface area contributed by atoms with Crippen molar-refractivity contribution in [2.75, 3.05) is 19.6 Å². The van der Waals surface area contributed by atoms with Gasteiger partial charge in [0.2, 0.25) is 21.8 Å². The molecule has 0 bridgehead atoms. The van der Waals surface area contributed by atoms with Crippen LogP contribution < -0.4 is 11.1 Å². The zero-order chi connectivity index (χ0) is 22.4. The summed E-state index contributed by atoms with van der Waals surface area (Å²) in [4.78, 5) is 22.8.